The summed E-state index contributed by atoms with van der Waals surface area (Å²) in [5, 5.41) is -5.12. The van der Waals surface area contributed by atoms with Gasteiger partial charge in [0.15, 0.2) is 0 Å². The van der Waals surface area contributed by atoms with Gasteiger partial charge in [-0.15, -0.1) is 0 Å². The van der Waals surface area contributed by atoms with E-state index in [4.69, 9.17) is 4.55 Å². The molecule has 1 aromatic rings. The van der Waals surface area contributed by atoms with Crippen LogP contribution in [-0.4, -0.2) is 32.5 Å². The zero-order valence-corrected chi connectivity index (χ0v) is 9.96. The molecule has 0 amide bonds. The Kier molecular flexibility index (Phi) is 4.69. The number of alkyl halides is 4. The molecule has 1 atom stereocenters. The first-order chi connectivity index (χ1) is 8.68. The fraction of sp³-hybridized carbons (Fsp3) is 0.444. The molecule has 0 radical (unpaired) electrons. The molecule has 0 aliphatic rings. The summed E-state index contributed by atoms with van der Waals surface area (Å²) in [6.07, 6.45) is -0.465. The number of ether oxygens (including phenoxy) is 1. The summed E-state index contributed by atoms with van der Waals surface area (Å²) >= 11 is -4.03. The van der Waals surface area contributed by atoms with E-state index in [1.165, 1.54) is 12.1 Å². The van der Waals surface area contributed by atoms with Gasteiger partial charge in [0.1, 0.15) is 0 Å². The maximum absolute atomic E-state index is 12.9. The Morgan fingerprint density at radius 2 is 2.05 bits per heavy atom. The van der Waals surface area contributed by atoms with Gasteiger partial charge in [-0.05, 0) is 12.1 Å². The number of carbonyl (C=O) groups is 1. The van der Waals surface area contributed by atoms with E-state index in [9.17, 15) is 26.6 Å². The lowest BCUT2D eigenvalue weighted by molar-refractivity contribution is -0.165. The largest absolute Gasteiger partial charge is 0.460 e. The zero-order valence-electron chi connectivity index (χ0n) is 9.15. The maximum Gasteiger partial charge on any atom is 0.406 e. The minimum atomic E-state index is -5.12. The third-order valence-corrected chi connectivity index (χ3v) is 2.75. The second-order valence-corrected chi connectivity index (χ2v) is 4.34. The van der Waals surface area contributed by atoms with E-state index in [0.717, 1.165) is 6.26 Å². The Hall–Kier alpha value is -1.42. The SMILES string of the molecule is O=C(OCCC(F)(F)C(F)(F)S(=O)O)c1ccco1. The number of hydrogen-bond donors (Lipinski definition) is 1. The molecule has 1 rings (SSSR count). The van der Waals surface area contributed by atoms with Crippen molar-refractivity contribution in [1.82, 2.24) is 0 Å². The quantitative estimate of drug-likeness (QED) is 0.495. The van der Waals surface area contributed by atoms with Crippen molar-refractivity contribution >= 4 is 17.0 Å². The third-order valence-electron chi connectivity index (χ3n) is 2.02. The van der Waals surface area contributed by atoms with Crippen LogP contribution in [-0.2, 0) is 15.8 Å². The summed E-state index contributed by atoms with van der Waals surface area (Å²) in [5.41, 5.74) is 0. The van der Waals surface area contributed by atoms with Crippen LogP contribution in [0.5, 0.6) is 0 Å². The van der Waals surface area contributed by atoms with E-state index < -0.39 is 41.3 Å². The van der Waals surface area contributed by atoms with Gasteiger partial charge in [-0.25, -0.2) is 9.00 Å². The number of halogens is 4. The molecule has 108 valence electrons. The zero-order chi connectivity index (χ0) is 14.7. The number of hydrogen-bond acceptors (Lipinski definition) is 4. The average molecular weight is 304 g/mol. The van der Waals surface area contributed by atoms with Crippen molar-refractivity contribution in [3.8, 4) is 0 Å². The van der Waals surface area contributed by atoms with Gasteiger partial charge in [-0.3, -0.25) is 0 Å². The first-order valence-corrected chi connectivity index (χ1v) is 5.86. The summed E-state index contributed by atoms with van der Waals surface area (Å²) in [4.78, 5) is 11.1. The first-order valence-electron chi connectivity index (χ1n) is 4.75. The molecule has 0 spiro atoms. The van der Waals surface area contributed by atoms with Crippen molar-refractivity contribution < 1.29 is 40.3 Å². The van der Waals surface area contributed by atoms with Crippen LogP contribution in [0.2, 0.25) is 0 Å². The summed E-state index contributed by atoms with van der Waals surface area (Å²) in [6, 6.07) is 2.53. The van der Waals surface area contributed by atoms with Crippen LogP contribution >= 0.6 is 0 Å². The van der Waals surface area contributed by atoms with Crippen LogP contribution in [0.25, 0.3) is 0 Å². The molecule has 0 fully saturated rings. The molecular weight excluding hydrogens is 296 g/mol. The van der Waals surface area contributed by atoms with Gasteiger partial charge in [0.2, 0.25) is 16.8 Å². The highest BCUT2D eigenvalue weighted by atomic mass is 32.2. The molecule has 1 heterocycles. The Labute approximate surface area is 106 Å². The van der Waals surface area contributed by atoms with Crippen LogP contribution < -0.4 is 0 Å². The maximum atomic E-state index is 12.9. The van der Waals surface area contributed by atoms with E-state index in [0.29, 0.717) is 0 Å². The molecule has 1 aromatic heterocycles. The third kappa shape index (κ3) is 3.53. The summed E-state index contributed by atoms with van der Waals surface area (Å²) in [5.74, 6) is -6.16. The second kappa shape index (κ2) is 5.70. The molecular formula is C9H8F4O5S. The molecule has 0 aliphatic carbocycles. The molecule has 0 saturated carbocycles. The van der Waals surface area contributed by atoms with E-state index in [2.05, 4.69) is 9.15 Å². The van der Waals surface area contributed by atoms with Gasteiger partial charge in [0, 0.05) is 0 Å². The van der Waals surface area contributed by atoms with Gasteiger partial charge in [0.05, 0.1) is 19.3 Å². The minimum absolute atomic E-state index is 0.277. The molecule has 0 aliphatic heterocycles. The van der Waals surface area contributed by atoms with E-state index >= 15 is 0 Å². The van der Waals surface area contributed by atoms with Crippen molar-refractivity contribution in [3.05, 3.63) is 24.2 Å². The van der Waals surface area contributed by atoms with Crippen molar-refractivity contribution in [2.75, 3.05) is 6.61 Å². The fourth-order valence-electron chi connectivity index (χ4n) is 1.01. The smallest absolute Gasteiger partial charge is 0.406 e. The number of esters is 1. The topological polar surface area (TPSA) is 76.7 Å². The molecule has 10 heteroatoms. The van der Waals surface area contributed by atoms with Gasteiger partial charge < -0.3 is 13.7 Å². The van der Waals surface area contributed by atoms with Gasteiger partial charge in [-0.1, -0.05) is 0 Å². The van der Waals surface area contributed by atoms with Gasteiger partial charge >= 0.3 is 17.1 Å². The van der Waals surface area contributed by atoms with Crippen LogP contribution in [0.4, 0.5) is 17.6 Å². The Balaban J connectivity index is 2.53. The van der Waals surface area contributed by atoms with Crippen LogP contribution in [0.1, 0.15) is 17.0 Å². The fourth-order valence-corrected chi connectivity index (χ4v) is 1.37. The molecule has 19 heavy (non-hydrogen) atoms. The number of rotatable bonds is 6. The predicted molar refractivity (Wildman–Crippen MR) is 54.3 cm³/mol. The standard InChI is InChI=1S/C9H8F4O5S/c10-8(11,9(12,13)19(15)16)3-5-18-7(14)6-2-1-4-17-6/h1-2,4H,3,5H2,(H,15,16). The highest BCUT2D eigenvalue weighted by Crippen LogP contribution is 2.38. The number of carbonyl (C=O) groups excluding carboxylic acids is 1. The van der Waals surface area contributed by atoms with Crippen molar-refractivity contribution in [3.63, 3.8) is 0 Å². The summed E-state index contributed by atoms with van der Waals surface area (Å²) in [6.45, 7) is -1.06. The molecule has 1 unspecified atom stereocenters. The van der Waals surface area contributed by atoms with Crippen molar-refractivity contribution in [1.29, 1.82) is 0 Å². The first kappa shape index (κ1) is 15.6. The van der Waals surface area contributed by atoms with E-state index in [1.807, 2.05) is 0 Å². The van der Waals surface area contributed by atoms with Crippen molar-refractivity contribution in [2.24, 2.45) is 0 Å². The lowest BCUT2D eigenvalue weighted by atomic mass is 10.2. The molecule has 1 N–H and O–H groups in total. The highest BCUT2D eigenvalue weighted by Gasteiger charge is 2.60. The van der Waals surface area contributed by atoms with Crippen LogP contribution in [0.15, 0.2) is 22.8 Å². The Morgan fingerprint density at radius 3 is 2.53 bits per heavy atom. The second-order valence-electron chi connectivity index (χ2n) is 3.33. The monoisotopic (exact) mass is 304 g/mol. The van der Waals surface area contributed by atoms with Gasteiger partial charge in [0.25, 0.3) is 0 Å². The lowest BCUT2D eigenvalue weighted by Gasteiger charge is -2.22. The molecule has 0 aromatic carbocycles. The summed E-state index contributed by atoms with van der Waals surface area (Å²) < 4.78 is 78.2. The number of furan rings is 1. The molecule has 5 nitrogen and oxygen atoms in total. The van der Waals surface area contributed by atoms with Crippen LogP contribution in [0, 0.1) is 0 Å². The predicted octanol–water partition coefficient (Wildman–Crippen LogP) is 2.28. The molecule has 0 bridgehead atoms. The highest BCUT2D eigenvalue weighted by molar-refractivity contribution is 7.80. The lowest BCUT2D eigenvalue weighted by Crippen LogP contribution is -2.44. The normalized spacial score (nSPS) is 14.2. The van der Waals surface area contributed by atoms with E-state index in [1.54, 1.807) is 0 Å². The van der Waals surface area contributed by atoms with Gasteiger partial charge in [-0.2, -0.15) is 17.6 Å². The Morgan fingerprint density at radius 1 is 1.42 bits per heavy atom. The van der Waals surface area contributed by atoms with E-state index in [-0.39, 0.29) is 5.76 Å². The van der Waals surface area contributed by atoms with Crippen molar-refractivity contribution in [2.45, 2.75) is 17.6 Å². The van der Waals surface area contributed by atoms with Crippen LogP contribution in [0.3, 0.4) is 0 Å². The summed E-state index contributed by atoms with van der Waals surface area (Å²) in [7, 11) is 0. The Bertz CT molecular complexity index is 459. The minimum Gasteiger partial charge on any atom is -0.460 e. The average Bonchev–Trinajstić information content (AvgIpc) is 2.81. The molecule has 0 saturated heterocycles.